The molecule has 1 aliphatic rings. The zero-order chi connectivity index (χ0) is 15.5. The van der Waals surface area contributed by atoms with Crippen LogP contribution in [0.3, 0.4) is 0 Å². The Bertz CT molecular complexity index is 617. The van der Waals surface area contributed by atoms with Gasteiger partial charge in [-0.05, 0) is 12.1 Å². The fraction of sp³-hybridized carbons (Fsp3) is 0.500. The van der Waals surface area contributed by atoms with Gasteiger partial charge in [-0.1, -0.05) is 0 Å². The average molecular weight is 316 g/mol. The molecule has 21 heavy (non-hydrogen) atoms. The fourth-order valence-electron chi connectivity index (χ4n) is 2.00. The monoisotopic (exact) mass is 316 g/mol. The van der Waals surface area contributed by atoms with Crippen LogP contribution in [-0.4, -0.2) is 68.3 Å². The number of pyridine rings is 1. The Balaban J connectivity index is 2.10. The summed E-state index contributed by atoms with van der Waals surface area (Å²) in [5.74, 6) is -1.24. The minimum atomic E-state index is -4.12. The number of halogens is 1. The summed E-state index contributed by atoms with van der Waals surface area (Å²) < 4.78 is 38.8. The molecule has 0 aliphatic carbocycles. The average Bonchev–Trinajstić information content (AvgIpc) is 2.48. The first-order valence-electron chi connectivity index (χ1n) is 6.48. The van der Waals surface area contributed by atoms with Crippen LogP contribution in [0.1, 0.15) is 0 Å². The van der Waals surface area contributed by atoms with Crippen LogP contribution >= 0.6 is 0 Å². The summed E-state index contributed by atoms with van der Waals surface area (Å²) in [4.78, 5) is 17.2. The third-order valence-electron chi connectivity index (χ3n) is 3.21. The molecule has 0 saturated carbocycles. The van der Waals surface area contributed by atoms with Crippen molar-refractivity contribution in [3.05, 3.63) is 24.1 Å². The molecule has 1 aliphatic heterocycles. The van der Waals surface area contributed by atoms with Crippen molar-refractivity contribution < 1.29 is 17.6 Å². The highest BCUT2D eigenvalue weighted by Crippen LogP contribution is 2.15. The molecule has 0 unspecified atom stereocenters. The van der Waals surface area contributed by atoms with Crippen molar-refractivity contribution in [1.82, 2.24) is 19.5 Å². The largest absolute Gasteiger partial charge is 0.339 e. The van der Waals surface area contributed by atoms with Crippen LogP contribution in [0.15, 0.2) is 23.4 Å². The van der Waals surface area contributed by atoms with E-state index in [0.29, 0.717) is 26.2 Å². The second-order valence-electron chi connectivity index (χ2n) is 4.68. The van der Waals surface area contributed by atoms with Gasteiger partial charge in [-0.25, -0.2) is 17.8 Å². The highest BCUT2D eigenvalue weighted by atomic mass is 32.2. The number of carbonyl (C=O) groups is 1. The predicted molar refractivity (Wildman–Crippen MR) is 73.5 cm³/mol. The minimum Gasteiger partial charge on any atom is -0.339 e. The van der Waals surface area contributed by atoms with Crippen molar-refractivity contribution in [2.75, 3.05) is 39.8 Å². The van der Waals surface area contributed by atoms with E-state index in [0.717, 1.165) is 10.4 Å². The summed E-state index contributed by atoms with van der Waals surface area (Å²) in [7, 11) is -2.88. The van der Waals surface area contributed by atoms with Crippen molar-refractivity contribution in [2.45, 2.75) is 5.03 Å². The Kier molecular flexibility index (Phi) is 4.86. The summed E-state index contributed by atoms with van der Waals surface area (Å²) in [5.41, 5.74) is 0. The molecule has 2 heterocycles. The predicted octanol–water partition coefficient (Wildman–Crippen LogP) is -0.727. The number of nitrogens with one attached hydrogen (secondary N) is 1. The fourth-order valence-corrected chi connectivity index (χ4v) is 3.08. The van der Waals surface area contributed by atoms with Gasteiger partial charge in [0.05, 0.1) is 6.54 Å². The third-order valence-corrected chi connectivity index (χ3v) is 4.95. The van der Waals surface area contributed by atoms with Crippen LogP contribution in [0, 0.1) is 5.82 Å². The number of aromatic nitrogens is 1. The van der Waals surface area contributed by atoms with Gasteiger partial charge in [-0.2, -0.15) is 4.31 Å². The number of sulfonamides is 1. The smallest absolute Gasteiger partial charge is 0.263 e. The Morgan fingerprint density at radius 3 is 2.76 bits per heavy atom. The zero-order valence-corrected chi connectivity index (χ0v) is 12.4. The number of carbonyl (C=O) groups excluding carboxylic acids is 1. The molecule has 1 fully saturated rings. The SMILES string of the molecule is CN(CC(=O)N1CCNCC1)S(=O)(=O)c1ncccc1F. The maximum Gasteiger partial charge on any atom is 0.263 e. The molecule has 1 saturated heterocycles. The number of rotatable bonds is 4. The van der Waals surface area contributed by atoms with Crippen LogP contribution < -0.4 is 5.32 Å². The Labute approximate surface area is 122 Å². The molecular weight excluding hydrogens is 299 g/mol. The summed E-state index contributed by atoms with van der Waals surface area (Å²) >= 11 is 0. The van der Waals surface area contributed by atoms with Crippen LogP contribution in [0.4, 0.5) is 4.39 Å². The van der Waals surface area contributed by atoms with Gasteiger partial charge in [0.15, 0.2) is 5.82 Å². The van der Waals surface area contributed by atoms with E-state index in [1.165, 1.54) is 19.3 Å². The molecule has 1 amide bonds. The lowest BCUT2D eigenvalue weighted by atomic mass is 10.3. The molecule has 0 bridgehead atoms. The van der Waals surface area contributed by atoms with E-state index < -0.39 is 20.9 Å². The molecule has 116 valence electrons. The van der Waals surface area contributed by atoms with Gasteiger partial charge in [0.25, 0.3) is 10.0 Å². The zero-order valence-electron chi connectivity index (χ0n) is 11.6. The lowest BCUT2D eigenvalue weighted by Crippen LogP contribution is -2.49. The van der Waals surface area contributed by atoms with E-state index in [4.69, 9.17) is 0 Å². The van der Waals surface area contributed by atoms with Gasteiger partial charge < -0.3 is 10.2 Å². The molecule has 2 rings (SSSR count). The summed E-state index contributed by atoms with van der Waals surface area (Å²) in [5, 5.41) is 2.44. The number of amides is 1. The molecule has 1 N–H and O–H groups in total. The summed E-state index contributed by atoms with van der Waals surface area (Å²) in [6.07, 6.45) is 1.20. The first-order valence-corrected chi connectivity index (χ1v) is 7.92. The second-order valence-corrected chi connectivity index (χ2v) is 6.64. The molecule has 0 spiro atoms. The topological polar surface area (TPSA) is 82.6 Å². The number of piperazine rings is 1. The standard InChI is InChI=1S/C12H17FN4O3S/c1-16(9-11(18)17-7-5-14-6-8-17)21(19,20)12-10(13)3-2-4-15-12/h2-4,14H,5-9H2,1H3. The van der Waals surface area contributed by atoms with Gasteiger partial charge >= 0.3 is 0 Å². The van der Waals surface area contributed by atoms with E-state index in [1.807, 2.05) is 0 Å². The van der Waals surface area contributed by atoms with Gasteiger partial charge in [-0.15, -0.1) is 0 Å². The van der Waals surface area contributed by atoms with Gasteiger partial charge in [0.1, 0.15) is 0 Å². The molecule has 7 nitrogen and oxygen atoms in total. The first-order chi connectivity index (χ1) is 9.93. The van der Waals surface area contributed by atoms with Crippen LogP contribution in [-0.2, 0) is 14.8 Å². The highest BCUT2D eigenvalue weighted by Gasteiger charge is 2.29. The number of hydrogen-bond acceptors (Lipinski definition) is 5. The second kappa shape index (κ2) is 6.46. The van der Waals surface area contributed by atoms with Crippen molar-refractivity contribution in [3.63, 3.8) is 0 Å². The molecule has 1 aromatic heterocycles. The summed E-state index contributed by atoms with van der Waals surface area (Å²) in [6, 6.07) is 2.33. The van der Waals surface area contributed by atoms with Crippen LogP contribution in [0.25, 0.3) is 0 Å². The molecule has 9 heteroatoms. The van der Waals surface area contributed by atoms with E-state index in [9.17, 15) is 17.6 Å². The number of hydrogen-bond donors (Lipinski definition) is 1. The van der Waals surface area contributed by atoms with E-state index in [1.54, 1.807) is 4.90 Å². The quantitative estimate of drug-likeness (QED) is 0.792. The van der Waals surface area contributed by atoms with E-state index in [2.05, 4.69) is 10.3 Å². The molecule has 0 radical (unpaired) electrons. The van der Waals surface area contributed by atoms with Crippen molar-refractivity contribution in [3.8, 4) is 0 Å². The molecular formula is C12H17FN4O3S. The molecule has 0 atom stereocenters. The van der Waals surface area contributed by atoms with Crippen LogP contribution in [0.2, 0.25) is 0 Å². The van der Waals surface area contributed by atoms with Gasteiger partial charge in [-0.3, -0.25) is 4.79 Å². The maximum atomic E-state index is 13.6. The van der Waals surface area contributed by atoms with Gasteiger partial charge in [0.2, 0.25) is 10.9 Å². The summed E-state index contributed by atoms with van der Waals surface area (Å²) in [6.45, 7) is 2.09. The van der Waals surface area contributed by atoms with Crippen molar-refractivity contribution in [2.24, 2.45) is 0 Å². The number of likely N-dealkylation sites (N-methyl/N-ethyl adjacent to an activating group) is 1. The molecule has 0 aromatic carbocycles. The Morgan fingerprint density at radius 1 is 1.48 bits per heavy atom. The Morgan fingerprint density at radius 2 is 2.14 bits per heavy atom. The third kappa shape index (κ3) is 3.55. The lowest BCUT2D eigenvalue weighted by Gasteiger charge is -2.29. The molecule has 1 aromatic rings. The minimum absolute atomic E-state index is 0.307. The highest BCUT2D eigenvalue weighted by molar-refractivity contribution is 7.89. The van der Waals surface area contributed by atoms with E-state index in [-0.39, 0.29) is 12.5 Å². The Hall–Kier alpha value is -1.58. The normalized spacial score (nSPS) is 16.2. The lowest BCUT2D eigenvalue weighted by molar-refractivity contribution is -0.131. The number of nitrogens with zero attached hydrogens (tertiary/aromatic N) is 3. The van der Waals surface area contributed by atoms with Crippen molar-refractivity contribution in [1.29, 1.82) is 0 Å². The van der Waals surface area contributed by atoms with Crippen molar-refractivity contribution >= 4 is 15.9 Å². The maximum absolute atomic E-state index is 13.6. The first kappa shape index (κ1) is 15.8. The van der Waals surface area contributed by atoms with E-state index >= 15 is 0 Å². The van der Waals surface area contributed by atoms with Crippen LogP contribution in [0.5, 0.6) is 0 Å². The van der Waals surface area contributed by atoms with Gasteiger partial charge in [0, 0.05) is 39.4 Å².